The maximum Gasteiger partial charge on any atom is 0.175 e. The van der Waals surface area contributed by atoms with Gasteiger partial charge in [0.1, 0.15) is 0 Å². The standard InChI is InChI=1S/C16H18BrNO2S/c1-12-3-6-14(16(17)9-12)11-18-10-13-4-7-15(8-5-13)21(2,19)20/h3-9,18H,10-11H2,1-2H3. The highest BCUT2D eigenvalue weighted by atomic mass is 79.9. The average molecular weight is 368 g/mol. The minimum atomic E-state index is -3.12. The van der Waals surface area contributed by atoms with Crippen molar-refractivity contribution >= 4 is 25.8 Å². The van der Waals surface area contributed by atoms with E-state index in [0.717, 1.165) is 16.6 Å². The SMILES string of the molecule is Cc1ccc(CNCc2ccc(S(C)(=O)=O)cc2)c(Br)c1. The molecule has 0 radical (unpaired) electrons. The minimum absolute atomic E-state index is 0.354. The molecular weight excluding hydrogens is 350 g/mol. The van der Waals surface area contributed by atoms with E-state index in [2.05, 4.69) is 46.4 Å². The van der Waals surface area contributed by atoms with Crippen LogP contribution in [0.15, 0.2) is 51.8 Å². The van der Waals surface area contributed by atoms with Crippen LogP contribution in [-0.4, -0.2) is 14.7 Å². The molecule has 0 spiro atoms. The minimum Gasteiger partial charge on any atom is -0.309 e. The lowest BCUT2D eigenvalue weighted by Crippen LogP contribution is -2.13. The molecule has 1 N–H and O–H groups in total. The van der Waals surface area contributed by atoms with Gasteiger partial charge in [0.2, 0.25) is 0 Å². The van der Waals surface area contributed by atoms with Crippen molar-refractivity contribution in [3.05, 3.63) is 63.6 Å². The zero-order valence-electron chi connectivity index (χ0n) is 12.1. The predicted molar refractivity (Wildman–Crippen MR) is 89.0 cm³/mol. The van der Waals surface area contributed by atoms with E-state index in [1.54, 1.807) is 12.1 Å². The highest BCUT2D eigenvalue weighted by molar-refractivity contribution is 9.10. The summed E-state index contributed by atoms with van der Waals surface area (Å²) in [5.74, 6) is 0. The third kappa shape index (κ3) is 4.66. The van der Waals surface area contributed by atoms with Gasteiger partial charge in [-0.3, -0.25) is 0 Å². The van der Waals surface area contributed by atoms with E-state index in [0.29, 0.717) is 11.4 Å². The second-order valence-electron chi connectivity index (χ2n) is 5.11. The highest BCUT2D eigenvalue weighted by Gasteiger charge is 2.06. The van der Waals surface area contributed by atoms with Crippen LogP contribution in [0.5, 0.6) is 0 Å². The fourth-order valence-electron chi connectivity index (χ4n) is 1.99. The molecule has 21 heavy (non-hydrogen) atoms. The lowest BCUT2D eigenvalue weighted by Gasteiger charge is -2.08. The summed E-state index contributed by atoms with van der Waals surface area (Å²) in [6.45, 7) is 3.52. The molecule has 0 saturated carbocycles. The van der Waals surface area contributed by atoms with Crippen molar-refractivity contribution in [1.82, 2.24) is 5.32 Å². The summed E-state index contributed by atoms with van der Waals surface area (Å²) < 4.78 is 23.9. The Morgan fingerprint density at radius 2 is 1.71 bits per heavy atom. The van der Waals surface area contributed by atoms with Crippen molar-refractivity contribution in [3.8, 4) is 0 Å². The average Bonchev–Trinajstić information content (AvgIpc) is 2.41. The number of nitrogens with one attached hydrogen (secondary N) is 1. The van der Waals surface area contributed by atoms with Crippen LogP contribution < -0.4 is 5.32 Å². The van der Waals surface area contributed by atoms with Crippen LogP contribution in [0, 0.1) is 6.92 Å². The van der Waals surface area contributed by atoms with Crippen LogP contribution >= 0.6 is 15.9 Å². The van der Waals surface area contributed by atoms with E-state index < -0.39 is 9.84 Å². The van der Waals surface area contributed by atoms with Crippen molar-refractivity contribution in [1.29, 1.82) is 0 Å². The van der Waals surface area contributed by atoms with E-state index in [-0.39, 0.29) is 0 Å². The maximum absolute atomic E-state index is 11.4. The molecule has 0 aliphatic heterocycles. The van der Waals surface area contributed by atoms with Gasteiger partial charge in [0.15, 0.2) is 9.84 Å². The first kappa shape index (κ1) is 16.2. The van der Waals surface area contributed by atoms with Gasteiger partial charge in [-0.2, -0.15) is 0 Å². The molecule has 0 heterocycles. The normalized spacial score (nSPS) is 11.6. The van der Waals surface area contributed by atoms with Crippen LogP contribution in [0.4, 0.5) is 0 Å². The van der Waals surface area contributed by atoms with Gasteiger partial charge < -0.3 is 5.32 Å². The van der Waals surface area contributed by atoms with Gasteiger partial charge >= 0.3 is 0 Å². The first-order valence-electron chi connectivity index (χ1n) is 6.61. The summed E-state index contributed by atoms with van der Waals surface area (Å²) >= 11 is 3.56. The lowest BCUT2D eigenvalue weighted by atomic mass is 10.1. The fraction of sp³-hybridized carbons (Fsp3) is 0.250. The number of hydrogen-bond donors (Lipinski definition) is 1. The molecule has 2 aromatic rings. The van der Waals surface area contributed by atoms with E-state index >= 15 is 0 Å². The molecule has 0 atom stereocenters. The molecule has 112 valence electrons. The molecule has 2 aromatic carbocycles. The Bertz CT molecular complexity index is 724. The van der Waals surface area contributed by atoms with Crippen LogP contribution in [0.2, 0.25) is 0 Å². The van der Waals surface area contributed by atoms with Crippen molar-refractivity contribution in [2.75, 3.05) is 6.26 Å². The largest absolute Gasteiger partial charge is 0.309 e. The second kappa shape index (κ2) is 6.73. The number of benzene rings is 2. The molecule has 5 heteroatoms. The molecule has 0 fully saturated rings. The Balaban J connectivity index is 1.94. The highest BCUT2D eigenvalue weighted by Crippen LogP contribution is 2.18. The Morgan fingerprint density at radius 3 is 2.29 bits per heavy atom. The van der Waals surface area contributed by atoms with E-state index in [1.807, 2.05) is 12.1 Å². The van der Waals surface area contributed by atoms with Gasteiger partial charge in [0.25, 0.3) is 0 Å². The molecule has 2 rings (SSSR count). The van der Waals surface area contributed by atoms with Gasteiger partial charge in [-0.15, -0.1) is 0 Å². The molecule has 0 aromatic heterocycles. The first-order valence-corrected chi connectivity index (χ1v) is 9.29. The summed E-state index contributed by atoms with van der Waals surface area (Å²) in [6.07, 6.45) is 1.22. The summed E-state index contributed by atoms with van der Waals surface area (Å²) in [6, 6.07) is 13.3. The van der Waals surface area contributed by atoms with Crippen molar-refractivity contribution in [2.24, 2.45) is 0 Å². The quantitative estimate of drug-likeness (QED) is 0.879. The third-order valence-corrected chi connectivity index (χ3v) is 5.07. The number of halogens is 1. The van der Waals surface area contributed by atoms with Gasteiger partial charge in [-0.25, -0.2) is 8.42 Å². The van der Waals surface area contributed by atoms with Gasteiger partial charge in [-0.1, -0.05) is 40.2 Å². The summed E-state index contributed by atoms with van der Waals surface area (Å²) in [7, 11) is -3.12. The number of rotatable bonds is 5. The lowest BCUT2D eigenvalue weighted by molar-refractivity contribution is 0.602. The van der Waals surface area contributed by atoms with Crippen LogP contribution in [0.25, 0.3) is 0 Å². The summed E-state index contributed by atoms with van der Waals surface area (Å²) in [5.41, 5.74) is 3.49. The Hall–Kier alpha value is -1.17. The molecule has 0 saturated heterocycles. The molecule has 0 unspecified atom stereocenters. The topological polar surface area (TPSA) is 46.2 Å². The first-order chi connectivity index (χ1) is 9.86. The predicted octanol–water partition coefficient (Wildman–Crippen LogP) is 3.45. The Labute approximate surface area is 134 Å². The second-order valence-corrected chi connectivity index (χ2v) is 7.98. The van der Waals surface area contributed by atoms with E-state index in [4.69, 9.17) is 0 Å². The molecule has 0 aliphatic carbocycles. The van der Waals surface area contributed by atoms with Crippen LogP contribution in [0.3, 0.4) is 0 Å². The molecule has 0 aliphatic rings. The molecular formula is C16H18BrNO2S. The van der Waals surface area contributed by atoms with Gasteiger partial charge in [-0.05, 0) is 41.8 Å². The van der Waals surface area contributed by atoms with Crippen LogP contribution in [-0.2, 0) is 22.9 Å². The van der Waals surface area contributed by atoms with Gasteiger partial charge in [0, 0.05) is 23.8 Å². The molecule has 0 bridgehead atoms. The third-order valence-electron chi connectivity index (χ3n) is 3.20. The van der Waals surface area contributed by atoms with E-state index in [1.165, 1.54) is 17.4 Å². The molecule has 3 nitrogen and oxygen atoms in total. The Kier molecular flexibility index (Phi) is 5.19. The maximum atomic E-state index is 11.4. The van der Waals surface area contributed by atoms with Crippen molar-refractivity contribution in [3.63, 3.8) is 0 Å². The van der Waals surface area contributed by atoms with Crippen molar-refractivity contribution < 1.29 is 8.42 Å². The number of hydrogen-bond acceptors (Lipinski definition) is 3. The van der Waals surface area contributed by atoms with Gasteiger partial charge in [0.05, 0.1) is 4.90 Å². The van der Waals surface area contributed by atoms with Crippen LogP contribution in [0.1, 0.15) is 16.7 Å². The monoisotopic (exact) mass is 367 g/mol. The fourth-order valence-corrected chi connectivity index (χ4v) is 3.26. The summed E-state index contributed by atoms with van der Waals surface area (Å²) in [5, 5.41) is 3.36. The summed E-state index contributed by atoms with van der Waals surface area (Å²) in [4.78, 5) is 0.354. The zero-order chi connectivity index (χ0) is 15.5. The number of aryl methyl sites for hydroxylation is 1. The molecule has 0 amide bonds. The zero-order valence-corrected chi connectivity index (χ0v) is 14.5. The smallest absolute Gasteiger partial charge is 0.175 e. The van der Waals surface area contributed by atoms with Crippen molar-refractivity contribution in [2.45, 2.75) is 24.9 Å². The van der Waals surface area contributed by atoms with E-state index in [9.17, 15) is 8.42 Å². The number of sulfone groups is 1. The Morgan fingerprint density at radius 1 is 1.05 bits per heavy atom.